The first-order chi connectivity index (χ1) is 10.6. The van der Waals surface area contributed by atoms with Crippen LogP contribution in [-0.2, 0) is 4.74 Å². The number of hydrogen-bond donors (Lipinski definition) is 4. The summed E-state index contributed by atoms with van der Waals surface area (Å²) in [4.78, 5) is 12.4. The highest BCUT2D eigenvalue weighted by Gasteiger charge is 2.44. The van der Waals surface area contributed by atoms with Crippen molar-refractivity contribution in [2.45, 2.75) is 24.5 Å². The van der Waals surface area contributed by atoms with Crippen LogP contribution in [-0.4, -0.2) is 59.8 Å². The Balaban J connectivity index is 0.00000156. The molecule has 1 saturated heterocycles. The number of aromatic nitrogens is 5. The van der Waals surface area contributed by atoms with Gasteiger partial charge in [-0.25, -0.2) is 4.98 Å². The highest BCUT2D eigenvalue weighted by molar-refractivity contribution is 5.82. The van der Waals surface area contributed by atoms with E-state index in [0.29, 0.717) is 16.8 Å². The third-order valence-electron chi connectivity index (χ3n) is 3.67. The van der Waals surface area contributed by atoms with Gasteiger partial charge in [0.1, 0.15) is 24.6 Å². The molecule has 0 amide bonds. The van der Waals surface area contributed by atoms with E-state index in [1.807, 2.05) is 0 Å². The molecule has 4 heterocycles. The summed E-state index contributed by atoms with van der Waals surface area (Å²) in [7, 11) is 0. The zero-order valence-corrected chi connectivity index (χ0v) is 13.1. The first-order valence-electron chi connectivity index (χ1n) is 6.52. The van der Waals surface area contributed by atoms with Crippen LogP contribution in [0.15, 0.2) is 17.2 Å². The van der Waals surface area contributed by atoms with Crippen molar-refractivity contribution >= 4 is 22.8 Å². The third kappa shape index (κ3) is 2.26. The molecular formula is C11H13BrN6O5. The second kappa shape index (κ2) is 5.65. The summed E-state index contributed by atoms with van der Waals surface area (Å²) < 4.78 is 13.3. The molecule has 1 aliphatic rings. The van der Waals surface area contributed by atoms with E-state index < -0.39 is 31.1 Å². The topological polar surface area (TPSA) is 157 Å². The van der Waals surface area contributed by atoms with Crippen molar-refractivity contribution in [3.8, 4) is 0 Å². The van der Waals surface area contributed by atoms with Gasteiger partial charge in [0.05, 0.1) is 6.61 Å². The average Bonchev–Trinajstić information content (AvgIpc) is 3.15. The first-order valence-corrected chi connectivity index (χ1v) is 6.52. The van der Waals surface area contributed by atoms with Crippen molar-refractivity contribution < 1.29 is 46.1 Å². The predicted octanol–water partition coefficient (Wildman–Crippen LogP) is -5.64. The van der Waals surface area contributed by atoms with Crippen molar-refractivity contribution in [1.29, 1.82) is 0 Å². The van der Waals surface area contributed by atoms with Gasteiger partial charge in [0.25, 0.3) is 6.33 Å². The Labute approximate surface area is 138 Å². The minimum atomic E-state index is -1.22. The van der Waals surface area contributed by atoms with E-state index in [4.69, 9.17) is 20.1 Å². The zero-order chi connectivity index (χ0) is 15.4. The van der Waals surface area contributed by atoms with Crippen LogP contribution in [0, 0.1) is 0 Å². The molecule has 4 atom stereocenters. The maximum Gasteiger partial charge on any atom is 0.406 e. The number of halogens is 1. The quantitative estimate of drug-likeness (QED) is 0.246. The molecule has 0 aromatic carbocycles. The number of nitrogen functional groups attached to an aromatic ring is 1. The molecule has 3 aromatic rings. The number of aliphatic hydroxyl groups excluding tert-OH is 3. The SMILES string of the molecule is [15NH2]c1[15n]c2c3[15n][13cH]n([C@@H]4O[C@H](CO)[C@@H](O)[C@H]4O)c3nc[n+]2o1.[Br-]. The molecule has 3 aromatic heterocycles. The lowest BCUT2D eigenvalue weighted by atomic mass is 10.1. The fourth-order valence-corrected chi connectivity index (χ4v) is 2.60. The number of nitrogens with two attached hydrogens (primary N) is 1. The standard InChI is InChI=1S/C11H12N6O5.BrH/c12-11-15-9-5-8(14-3-17(9)22-11)16(2-13-5)10-7(20)6(19)4(1-18)21-10;/h2-4,6-7,10,12,18-20H,1H2;1H/t4-,6-,7-,10-;/m1./s1/i2+1,12+1,13+1,15+1;. The molecule has 0 spiro atoms. The Morgan fingerprint density at radius 2 is 2.09 bits per heavy atom. The van der Waals surface area contributed by atoms with Crippen LogP contribution in [0.1, 0.15) is 6.23 Å². The maximum absolute atomic E-state index is 10.1. The van der Waals surface area contributed by atoms with Crippen molar-refractivity contribution in [3.05, 3.63) is 12.7 Å². The smallest absolute Gasteiger partial charge is 0.406 e. The number of nitrogens with zero attached hydrogens (tertiary/aromatic N) is 5. The number of ether oxygens (including phenoxy) is 1. The molecule has 23 heavy (non-hydrogen) atoms. The third-order valence-corrected chi connectivity index (χ3v) is 3.67. The summed E-state index contributed by atoms with van der Waals surface area (Å²) in [6.45, 7) is -0.408. The molecule has 0 aliphatic carbocycles. The molecule has 12 heteroatoms. The lowest BCUT2D eigenvalue weighted by Gasteiger charge is -2.15. The maximum atomic E-state index is 10.1. The fourth-order valence-electron chi connectivity index (χ4n) is 2.60. The van der Waals surface area contributed by atoms with Gasteiger partial charge >= 0.3 is 11.7 Å². The molecule has 1 aliphatic heterocycles. The number of hydrogen-bond acceptors (Lipinski definition) is 9. The number of imidazole rings is 1. The molecule has 11 nitrogen and oxygen atoms in total. The van der Waals surface area contributed by atoms with Crippen molar-refractivity contribution in [2.75, 3.05) is 12.3 Å². The van der Waals surface area contributed by atoms with Crippen LogP contribution in [0.2, 0.25) is 0 Å². The van der Waals surface area contributed by atoms with Crippen molar-refractivity contribution in [1.82, 2.24) is 19.5 Å². The summed E-state index contributed by atoms with van der Waals surface area (Å²) in [5.41, 5.74) is 6.65. The van der Waals surface area contributed by atoms with E-state index in [1.54, 1.807) is 0 Å². The minimum Gasteiger partial charge on any atom is -1.00 e. The van der Waals surface area contributed by atoms with Crippen molar-refractivity contribution in [3.63, 3.8) is 0 Å². The summed E-state index contributed by atoms with van der Waals surface area (Å²) in [5, 5.41) is 29.1. The molecule has 5 N–H and O–H groups in total. The molecule has 124 valence electrons. The largest absolute Gasteiger partial charge is 1.00 e. The van der Waals surface area contributed by atoms with Crippen molar-refractivity contribution in [2.24, 2.45) is 0 Å². The zero-order valence-electron chi connectivity index (χ0n) is 11.5. The van der Waals surface area contributed by atoms with Gasteiger partial charge in [-0.2, -0.15) is 0 Å². The Morgan fingerprint density at radius 1 is 1.30 bits per heavy atom. The normalized spacial score (nSPS) is 27.6. The van der Waals surface area contributed by atoms with Gasteiger partial charge in [-0.1, -0.05) is 4.98 Å². The highest BCUT2D eigenvalue weighted by atomic mass is 79.9. The van der Waals surface area contributed by atoms with Crippen LogP contribution in [0.5, 0.6) is 0 Å². The lowest BCUT2D eigenvalue weighted by Crippen LogP contribution is -3.00. The average molecular weight is 393 g/mol. The summed E-state index contributed by atoms with van der Waals surface area (Å²) >= 11 is 0. The number of fused-ring (bicyclic) bond motifs is 3. The number of anilines is 1. The molecule has 4 rings (SSSR count). The van der Waals surface area contributed by atoms with Crippen LogP contribution < -0.4 is 27.3 Å². The van der Waals surface area contributed by atoms with Gasteiger partial charge in [-0.15, -0.1) is 0 Å². The van der Waals surface area contributed by atoms with E-state index in [0.717, 1.165) is 0 Å². The number of rotatable bonds is 2. The second-order valence-corrected chi connectivity index (χ2v) is 4.99. The Hall–Kier alpha value is -1.86. The molecule has 0 unspecified atom stereocenters. The molecule has 0 bridgehead atoms. The van der Waals surface area contributed by atoms with Gasteiger partial charge < -0.3 is 42.8 Å². The Kier molecular flexibility index (Phi) is 3.93. The van der Waals surface area contributed by atoms with E-state index in [2.05, 4.69) is 15.0 Å². The number of aliphatic hydroxyl groups is 3. The summed E-state index contributed by atoms with van der Waals surface area (Å²) in [6, 6.07) is -0.0308. The molecule has 1 fully saturated rings. The van der Waals surface area contributed by atoms with Gasteiger partial charge in [0.2, 0.25) is 11.2 Å². The fraction of sp³-hybridized carbons (Fsp3) is 0.455. The van der Waals surface area contributed by atoms with E-state index in [-0.39, 0.29) is 23.0 Å². The highest BCUT2D eigenvalue weighted by Crippen LogP contribution is 2.31. The molecule has 0 saturated carbocycles. The Bertz CT molecular complexity index is 852. The van der Waals surface area contributed by atoms with Crippen LogP contribution in [0.4, 0.5) is 6.01 Å². The second-order valence-electron chi connectivity index (χ2n) is 4.99. The van der Waals surface area contributed by atoms with Crippen LogP contribution in [0.25, 0.3) is 16.8 Å². The molecular weight excluding hydrogens is 380 g/mol. The van der Waals surface area contributed by atoms with E-state index in [9.17, 15) is 10.2 Å². The summed E-state index contributed by atoms with van der Waals surface area (Å²) in [5.74, 6) is 0. The van der Waals surface area contributed by atoms with Gasteiger partial charge in [0, 0.05) is 0 Å². The Morgan fingerprint density at radius 3 is 2.78 bits per heavy atom. The first kappa shape index (κ1) is 16.0. The lowest BCUT2D eigenvalue weighted by molar-refractivity contribution is -0.716. The summed E-state index contributed by atoms with van der Waals surface area (Å²) in [6.07, 6.45) is -1.45. The van der Waals surface area contributed by atoms with E-state index >= 15 is 0 Å². The minimum absolute atomic E-state index is 0. The van der Waals surface area contributed by atoms with Gasteiger partial charge in [-0.3, -0.25) is 9.09 Å². The predicted molar refractivity (Wildman–Crippen MR) is 68.2 cm³/mol. The van der Waals surface area contributed by atoms with Crippen LogP contribution >= 0.6 is 0 Å². The molecule has 0 radical (unpaired) electrons. The van der Waals surface area contributed by atoms with Gasteiger partial charge in [-0.05, 0) is 9.56 Å². The monoisotopic (exact) mass is 392 g/mol. The van der Waals surface area contributed by atoms with E-state index in [1.165, 1.54) is 21.8 Å². The van der Waals surface area contributed by atoms with Crippen LogP contribution in [0.3, 0.4) is 0 Å². The van der Waals surface area contributed by atoms with Gasteiger partial charge in [0.15, 0.2) is 6.23 Å².